The summed E-state index contributed by atoms with van der Waals surface area (Å²) in [6.07, 6.45) is 0.165. The van der Waals surface area contributed by atoms with Gasteiger partial charge < -0.3 is 15.0 Å². The molecule has 1 aliphatic rings. The van der Waals surface area contributed by atoms with Crippen LogP contribution < -0.4 is 5.32 Å². The molecule has 2 amide bonds. The van der Waals surface area contributed by atoms with Gasteiger partial charge in [-0.15, -0.1) is 0 Å². The Kier molecular flexibility index (Phi) is 6.14. The molecule has 2 aromatic carbocycles. The van der Waals surface area contributed by atoms with Gasteiger partial charge in [0, 0.05) is 24.3 Å². The van der Waals surface area contributed by atoms with Crippen molar-refractivity contribution in [1.29, 1.82) is 0 Å². The third-order valence-electron chi connectivity index (χ3n) is 4.04. The Labute approximate surface area is 161 Å². The first kappa shape index (κ1) is 18.7. The first-order chi connectivity index (χ1) is 12.5. The molecule has 0 unspecified atom stereocenters. The number of rotatable bonds is 4. The van der Waals surface area contributed by atoms with Crippen LogP contribution in [-0.2, 0) is 16.0 Å². The molecular formula is C19H18Cl2N2O3. The monoisotopic (exact) mass is 392 g/mol. The Morgan fingerprint density at radius 3 is 2.54 bits per heavy atom. The van der Waals surface area contributed by atoms with Gasteiger partial charge in [-0.2, -0.15) is 0 Å². The number of hydrogen-bond donors (Lipinski definition) is 1. The standard InChI is InChI=1S/C19H18Cl2N2O3/c20-16-5-4-13(10-17(16)21)11-18(24)22-15-3-1-2-14(12-15)19(25)23-6-8-26-9-7-23/h1-5,10,12H,6-9,11H2,(H,22,24). The minimum atomic E-state index is -0.195. The minimum absolute atomic E-state index is 0.0612. The topological polar surface area (TPSA) is 58.6 Å². The zero-order valence-electron chi connectivity index (χ0n) is 14.0. The van der Waals surface area contributed by atoms with Crippen molar-refractivity contribution in [2.75, 3.05) is 31.6 Å². The van der Waals surface area contributed by atoms with Gasteiger partial charge in [0.05, 0.1) is 29.7 Å². The van der Waals surface area contributed by atoms with Crippen LogP contribution in [0.15, 0.2) is 42.5 Å². The Balaban J connectivity index is 1.65. The van der Waals surface area contributed by atoms with Crippen molar-refractivity contribution in [2.45, 2.75) is 6.42 Å². The number of amides is 2. The van der Waals surface area contributed by atoms with Crippen molar-refractivity contribution in [2.24, 2.45) is 0 Å². The molecule has 26 heavy (non-hydrogen) atoms. The largest absolute Gasteiger partial charge is 0.378 e. The van der Waals surface area contributed by atoms with Crippen molar-refractivity contribution in [3.63, 3.8) is 0 Å². The van der Waals surface area contributed by atoms with E-state index in [4.69, 9.17) is 27.9 Å². The number of nitrogens with one attached hydrogen (secondary N) is 1. The highest BCUT2D eigenvalue weighted by Crippen LogP contribution is 2.23. The lowest BCUT2D eigenvalue weighted by Crippen LogP contribution is -2.40. The molecule has 0 aromatic heterocycles. The van der Waals surface area contributed by atoms with Gasteiger partial charge in [0.15, 0.2) is 0 Å². The predicted molar refractivity (Wildman–Crippen MR) is 102 cm³/mol. The molecule has 3 rings (SSSR count). The van der Waals surface area contributed by atoms with E-state index in [9.17, 15) is 9.59 Å². The highest BCUT2D eigenvalue weighted by Gasteiger charge is 2.18. The molecule has 1 fully saturated rings. The van der Waals surface area contributed by atoms with E-state index in [2.05, 4.69) is 5.32 Å². The second-order valence-corrected chi connectivity index (χ2v) is 6.77. The van der Waals surface area contributed by atoms with E-state index < -0.39 is 0 Å². The number of hydrogen-bond acceptors (Lipinski definition) is 3. The van der Waals surface area contributed by atoms with E-state index >= 15 is 0 Å². The predicted octanol–water partition coefficient (Wildman–Crippen LogP) is 3.65. The van der Waals surface area contributed by atoms with Crippen molar-refractivity contribution >= 4 is 40.7 Å². The van der Waals surface area contributed by atoms with Crippen LogP contribution in [0.2, 0.25) is 10.0 Å². The number of carbonyl (C=O) groups is 2. The third kappa shape index (κ3) is 4.75. The highest BCUT2D eigenvalue weighted by molar-refractivity contribution is 6.42. The number of nitrogens with zero attached hydrogens (tertiary/aromatic N) is 1. The van der Waals surface area contributed by atoms with Crippen LogP contribution in [0, 0.1) is 0 Å². The second kappa shape index (κ2) is 8.54. The van der Waals surface area contributed by atoms with Crippen LogP contribution in [0.3, 0.4) is 0 Å². The van der Waals surface area contributed by atoms with Gasteiger partial charge >= 0.3 is 0 Å². The first-order valence-electron chi connectivity index (χ1n) is 8.24. The van der Waals surface area contributed by atoms with Crippen LogP contribution in [0.1, 0.15) is 15.9 Å². The van der Waals surface area contributed by atoms with Crippen LogP contribution >= 0.6 is 23.2 Å². The number of carbonyl (C=O) groups excluding carboxylic acids is 2. The Morgan fingerprint density at radius 2 is 1.81 bits per heavy atom. The average Bonchev–Trinajstić information content (AvgIpc) is 2.65. The van der Waals surface area contributed by atoms with Crippen LogP contribution in [0.4, 0.5) is 5.69 Å². The van der Waals surface area contributed by atoms with E-state index in [1.54, 1.807) is 47.4 Å². The molecule has 0 bridgehead atoms. The first-order valence-corrected chi connectivity index (χ1v) is 8.99. The third-order valence-corrected chi connectivity index (χ3v) is 4.78. The fourth-order valence-electron chi connectivity index (χ4n) is 2.72. The summed E-state index contributed by atoms with van der Waals surface area (Å²) >= 11 is 11.9. The summed E-state index contributed by atoms with van der Waals surface area (Å²) in [5.74, 6) is -0.256. The molecule has 0 spiro atoms. The number of ether oxygens (including phenoxy) is 1. The molecule has 136 valence electrons. The van der Waals surface area contributed by atoms with Gasteiger partial charge in [-0.05, 0) is 35.9 Å². The molecule has 5 nitrogen and oxygen atoms in total. The van der Waals surface area contributed by atoms with Crippen molar-refractivity contribution in [1.82, 2.24) is 4.90 Å². The lowest BCUT2D eigenvalue weighted by molar-refractivity contribution is -0.115. The minimum Gasteiger partial charge on any atom is -0.378 e. The van der Waals surface area contributed by atoms with Crippen LogP contribution in [0.25, 0.3) is 0 Å². The Morgan fingerprint density at radius 1 is 1.04 bits per heavy atom. The SMILES string of the molecule is O=C(Cc1ccc(Cl)c(Cl)c1)Nc1cccc(C(=O)N2CCOCC2)c1. The van der Waals surface area contributed by atoms with E-state index in [-0.39, 0.29) is 18.2 Å². The van der Waals surface area contributed by atoms with E-state index in [1.165, 1.54) is 0 Å². The average molecular weight is 393 g/mol. The van der Waals surface area contributed by atoms with Crippen molar-refractivity contribution in [3.8, 4) is 0 Å². The van der Waals surface area contributed by atoms with Crippen molar-refractivity contribution in [3.05, 3.63) is 63.6 Å². The summed E-state index contributed by atoms with van der Waals surface area (Å²) in [7, 11) is 0. The highest BCUT2D eigenvalue weighted by atomic mass is 35.5. The Bertz CT molecular complexity index is 820. The number of benzene rings is 2. The summed E-state index contributed by atoms with van der Waals surface area (Å²) in [5, 5.41) is 3.67. The summed E-state index contributed by atoms with van der Waals surface area (Å²) in [4.78, 5) is 26.5. The van der Waals surface area contributed by atoms with Gasteiger partial charge in [0.1, 0.15) is 0 Å². The molecule has 0 radical (unpaired) electrons. The molecule has 0 atom stereocenters. The van der Waals surface area contributed by atoms with Gasteiger partial charge in [-0.3, -0.25) is 9.59 Å². The van der Waals surface area contributed by atoms with Crippen LogP contribution in [0.5, 0.6) is 0 Å². The number of anilines is 1. The van der Waals surface area contributed by atoms with Gasteiger partial charge in [0.25, 0.3) is 5.91 Å². The molecule has 1 saturated heterocycles. The quantitative estimate of drug-likeness (QED) is 0.863. The summed E-state index contributed by atoms with van der Waals surface area (Å²) in [6, 6.07) is 12.0. The number of halogens is 2. The molecule has 7 heteroatoms. The maximum absolute atomic E-state index is 12.5. The smallest absolute Gasteiger partial charge is 0.254 e. The molecule has 1 N–H and O–H groups in total. The maximum atomic E-state index is 12.5. The fourth-order valence-corrected chi connectivity index (χ4v) is 3.04. The fraction of sp³-hybridized carbons (Fsp3) is 0.263. The molecule has 1 aliphatic heterocycles. The summed E-state index contributed by atoms with van der Waals surface area (Å²) in [5.41, 5.74) is 1.88. The van der Waals surface area contributed by atoms with E-state index in [1.807, 2.05) is 0 Å². The second-order valence-electron chi connectivity index (χ2n) is 5.96. The van der Waals surface area contributed by atoms with E-state index in [0.717, 1.165) is 5.56 Å². The Hall–Kier alpha value is -2.08. The van der Waals surface area contributed by atoms with Crippen LogP contribution in [-0.4, -0.2) is 43.0 Å². The summed E-state index contributed by atoms with van der Waals surface area (Å²) < 4.78 is 5.27. The lowest BCUT2D eigenvalue weighted by Gasteiger charge is -2.27. The van der Waals surface area contributed by atoms with Crippen molar-refractivity contribution < 1.29 is 14.3 Å². The maximum Gasteiger partial charge on any atom is 0.254 e. The molecule has 1 heterocycles. The number of morpholine rings is 1. The lowest BCUT2D eigenvalue weighted by atomic mass is 10.1. The molecular weight excluding hydrogens is 375 g/mol. The van der Waals surface area contributed by atoms with Gasteiger partial charge in [-0.1, -0.05) is 35.3 Å². The molecule has 0 saturated carbocycles. The summed E-state index contributed by atoms with van der Waals surface area (Å²) in [6.45, 7) is 2.25. The normalized spacial score (nSPS) is 14.2. The zero-order valence-corrected chi connectivity index (χ0v) is 15.5. The molecule has 0 aliphatic carbocycles. The van der Waals surface area contributed by atoms with Gasteiger partial charge in [-0.25, -0.2) is 0 Å². The molecule has 2 aromatic rings. The zero-order chi connectivity index (χ0) is 18.5. The van der Waals surface area contributed by atoms with E-state index in [0.29, 0.717) is 47.6 Å². The van der Waals surface area contributed by atoms with Gasteiger partial charge in [0.2, 0.25) is 5.91 Å².